The minimum absolute atomic E-state index is 0.0253. The van der Waals surface area contributed by atoms with Crippen molar-refractivity contribution in [3.05, 3.63) is 84.9 Å². The smallest absolute Gasteiger partial charge is 0.238 e. The fourth-order valence-electron chi connectivity index (χ4n) is 4.20. The zero-order valence-electron chi connectivity index (χ0n) is 17.6. The van der Waals surface area contributed by atoms with Crippen molar-refractivity contribution in [2.24, 2.45) is 0 Å². The van der Waals surface area contributed by atoms with Gasteiger partial charge in [0.2, 0.25) is 11.9 Å². The number of piperazine rings is 1. The second-order valence-corrected chi connectivity index (χ2v) is 7.89. The van der Waals surface area contributed by atoms with Crippen molar-refractivity contribution in [2.75, 3.05) is 42.9 Å². The van der Waals surface area contributed by atoms with Crippen molar-refractivity contribution in [3.8, 4) is 5.69 Å². The SMILES string of the molecule is O=C(CN1CCN(c2nccn2-c2ccccc2F)CC1)Nc1cccc2ccccc12. The number of carbonyl (C=O) groups is 1. The molecule has 0 unspecified atom stereocenters. The van der Waals surface area contributed by atoms with E-state index in [0.29, 0.717) is 25.3 Å². The number of anilines is 2. The number of para-hydroxylation sites is 1. The highest BCUT2D eigenvalue weighted by Gasteiger charge is 2.23. The Morgan fingerprint density at radius 3 is 2.53 bits per heavy atom. The first-order chi connectivity index (χ1) is 15.7. The van der Waals surface area contributed by atoms with E-state index in [-0.39, 0.29) is 11.7 Å². The van der Waals surface area contributed by atoms with E-state index in [9.17, 15) is 9.18 Å². The van der Waals surface area contributed by atoms with E-state index in [1.165, 1.54) is 6.07 Å². The first-order valence-corrected chi connectivity index (χ1v) is 10.7. The molecule has 0 radical (unpaired) electrons. The van der Waals surface area contributed by atoms with Crippen LogP contribution in [-0.4, -0.2) is 53.1 Å². The molecule has 1 saturated heterocycles. The van der Waals surface area contributed by atoms with Crippen LogP contribution in [0.5, 0.6) is 0 Å². The number of nitrogens with zero attached hydrogens (tertiary/aromatic N) is 4. The van der Waals surface area contributed by atoms with Gasteiger partial charge in [-0.25, -0.2) is 9.37 Å². The summed E-state index contributed by atoms with van der Waals surface area (Å²) in [7, 11) is 0. The van der Waals surface area contributed by atoms with Crippen LogP contribution in [-0.2, 0) is 4.79 Å². The molecule has 1 fully saturated rings. The van der Waals surface area contributed by atoms with Crippen molar-refractivity contribution in [2.45, 2.75) is 0 Å². The van der Waals surface area contributed by atoms with Gasteiger partial charge < -0.3 is 10.2 Å². The van der Waals surface area contributed by atoms with E-state index in [0.717, 1.165) is 35.5 Å². The van der Waals surface area contributed by atoms with Gasteiger partial charge in [0, 0.05) is 49.6 Å². The van der Waals surface area contributed by atoms with Gasteiger partial charge in [0.25, 0.3) is 0 Å². The third kappa shape index (κ3) is 4.07. The highest BCUT2D eigenvalue weighted by Crippen LogP contribution is 2.24. The number of nitrogens with one attached hydrogen (secondary N) is 1. The summed E-state index contributed by atoms with van der Waals surface area (Å²) in [5.74, 6) is 0.410. The molecule has 1 aliphatic heterocycles. The van der Waals surface area contributed by atoms with Gasteiger partial charge in [0.1, 0.15) is 5.82 Å². The molecule has 1 N–H and O–H groups in total. The third-order valence-electron chi connectivity index (χ3n) is 5.82. The van der Waals surface area contributed by atoms with Crippen molar-refractivity contribution in [3.63, 3.8) is 0 Å². The van der Waals surface area contributed by atoms with Crippen LogP contribution in [0.15, 0.2) is 79.1 Å². The van der Waals surface area contributed by atoms with Crippen LogP contribution < -0.4 is 10.2 Å². The van der Waals surface area contributed by atoms with Gasteiger partial charge in [-0.05, 0) is 23.6 Å². The molecule has 32 heavy (non-hydrogen) atoms. The third-order valence-corrected chi connectivity index (χ3v) is 5.82. The van der Waals surface area contributed by atoms with E-state index in [1.54, 1.807) is 29.1 Å². The molecular formula is C25H24FN5O. The fraction of sp³-hybridized carbons (Fsp3) is 0.200. The average molecular weight is 429 g/mol. The summed E-state index contributed by atoms with van der Waals surface area (Å²) >= 11 is 0. The van der Waals surface area contributed by atoms with Gasteiger partial charge >= 0.3 is 0 Å². The molecule has 0 atom stereocenters. The maximum Gasteiger partial charge on any atom is 0.238 e. The molecule has 1 amide bonds. The van der Waals surface area contributed by atoms with Crippen LogP contribution in [0.1, 0.15) is 0 Å². The molecule has 1 aliphatic rings. The van der Waals surface area contributed by atoms with Crippen LogP contribution in [0.3, 0.4) is 0 Å². The molecule has 7 heteroatoms. The van der Waals surface area contributed by atoms with Crippen molar-refractivity contribution in [1.29, 1.82) is 0 Å². The molecule has 162 valence electrons. The van der Waals surface area contributed by atoms with E-state index >= 15 is 0 Å². The van der Waals surface area contributed by atoms with Crippen molar-refractivity contribution >= 4 is 28.3 Å². The number of aromatic nitrogens is 2. The lowest BCUT2D eigenvalue weighted by molar-refractivity contribution is -0.117. The molecule has 4 aromatic rings. The Kier molecular flexibility index (Phi) is 5.56. The Morgan fingerprint density at radius 1 is 0.938 bits per heavy atom. The van der Waals surface area contributed by atoms with Gasteiger partial charge in [0.15, 0.2) is 0 Å². The van der Waals surface area contributed by atoms with Crippen LogP contribution >= 0.6 is 0 Å². The highest BCUT2D eigenvalue weighted by molar-refractivity contribution is 6.02. The minimum Gasteiger partial charge on any atom is -0.339 e. The second kappa shape index (κ2) is 8.80. The monoisotopic (exact) mass is 429 g/mol. The zero-order valence-corrected chi connectivity index (χ0v) is 17.6. The molecule has 3 aromatic carbocycles. The number of hydrogen-bond acceptors (Lipinski definition) is 4. The largest absolute Gasteiger partial charge is 0.339 e. The summed E-state index contributed by atoms with van der Waals surface area (Å²) < 4.78 is 16.0. The van der Waals surface area contributed by atoms with Gasteiger partial charge in [-0.1, -0.05) is 48.5 Å². The van der Waals surface area contributed by atoms with Crippen molar-refractivity contribution in [1.82, 2.24) is 14.5 Å². The van der Waals surface area contributed by atoms with E-state index in [2.05, 4.69) is 20.1 Å². The number of imidazole rings is 1. The minimum atomic E-state index is -0.282. The summed E-state index contributed by atoms with van der Waals surface area (Å²) in [6.07, 6.45) is 3.46. The number of benzene rings is 3. The summed E-state index contributed by atoms with van der Waals surface area (Å²) in [5.41, 5.74) is 1.32. The van der Waals surface area contributed by atoms with Crippen LogP contribution in [0.25, 0.3) is 16.5 Å². The molecule has 5 rings (SSSR count). The Balaban J connectivity index is 1.21. The van der Waals surface area contributed by atoms with Crippen LogP contribution in [0.2, 0.25) is 0 Å². The number of halogens is 1. The lowest BCUT2D eigenvalue weighted by atomic mass is 10.1. The standard InChI is InChI=1S/C25H24FN5O/c26-21-9-3-4-11-23(21)31-13-12-27-25(31)30-16-14-29(15-17-30)18-24(32)28-22-10-5-7-19-6-1-2-8-20(19)22/h1-13H,14-18H2,(H,28,32). The molecular weight excluding hydrogens is 405 g/mol. The van der Waals surface area contributed by atoms with Gasteiger partial charge in [-0.15, -0.1) is 0 Å². The Morgan fingerprint density at radius 2 is 1.69 bits per heavy atom. The predicted octanol–water partition coefficient (Wildman–Crippen LogP) is 3.93. The number of rotatable bonds is 5. The summed E-state index contributed by atoms with van der Waals surface area (Å²) in [4.78, 5) is 21.4. The number of hydrogen-bond donors (Lipinski definition) is 1. The molecule has 0 bridgehead atoms. The van der Waals surface area contributed by atoms with Gasteiger partial charge in [-0.3, -0.25) is 14.3 Å². The maximum atomic E-state index is 14.3. The average Bonchev–Trinajstić information content (AvgIpc) is 3.30. The predicted molar refractivity (Wildman–Crippen MR) is 125 cm³/mol. The highest BCUT2D eigenvalue weighted by atomic mass is 19.1. The quantitative estimate of drug-likeness (QED) is 0.522. The Labute approximate surface area is 185 Å². The Hall–Kier alpha value is -3.71. The van der Waals surface area contributed by atoms with E-state index in [4.69, 9.17) is 0 Å². The van der Waals surface area contributed by atoms with E-state index in [1.807, 2.05) is 48.5 Å². The molecule has 6 nitrogen and oxygen atoms in total. The lowest BCUT2D eigenvalue weighted by Crippen LogP contribution is -2.49. The first kappa shape index (κ1) is 20.2. The normalized spacial score (nSPS) is 14.6. The zero-order chi connectivity index (χ0) is 21.9. The summed E-state index contributed by atoms with van der Waals surface area (Å²) in [6, 6.07) is 20.6. The molecule has 0 aliphatic carbocycles. The van der Waals surface area contributed by atoms with Gasteiger partial charge in [-0.2, -0.15) is 0 Å². The maximum absolute atomic E-state index is 14.3. The molecule has 2 heterocycles. The summed E-state index contributed by atoms with van der Waals surface area (Å²) in [6.45, 7) is 3.22. The molecule has 0 saturated carbocycles. The van der Waals surface area contributed by atoms with Gasteiger partial charge in [0.05, 0.1) is 12.2 Å². The van der Waals surface area contributed by atoms with E-state index < -0.39 is 0 Å². The van der Waals surface area contributed by atoms with Crippen LogP contribution in [0, 0.1) is 5.82 Å². The first-order valence-electron chi connectivity index (χ1n) is 10.7. The Bertz CT molecular complexity index is 1240. The number of fused-ring (bicyclic) bond motifs is 1. The topological polar surface area (TPSA) is 53.4 Å². The summed E-state index contributed by atoms with van der Waals surface area (Å²) in [5, 5.41) is 5.19. The fourth-order valence-corrected chi connectivity index (χ4v) is 4.20. The number of amides is 1. The number of carbonyl (C=O) groups excluding carboxylic acids is 1. The molecule has 0 spiro atoms. The lowest BCUT2D eigenvalue weighted by Gasteiger charge is -2.35. The van der Waals surface area contributed by atoms with Crippen molar-refractivity contribution < 1.29 is 9.18 Å². The van der Waals surface area contributed by atoms with Crippen LogP contribution in [0.4, 0.5) is 16.0 Å². The second-order valence-electron chi connectivity index (χ2n) is 7.89. The molecule has 1 aromatic heterocycles.